The Hall–Kier alpha value is -1.65. The number of aliphatic hydroxyl groups is 2. The SMILES string of the molecule is CCCCCCCC/C=C\CCCCCCCCCCCC(=O)NC(CO)C(O)/C=C/CC/C=C/CC/C=C/CCCCCCCCCCCCCCCCCCCC. The molecule has 2 unspecified atom stereocenters. The summed E-state index contributed by atoms with van der Waals surface area (Å²) in [6.45, 7) is 4.31. The molecule has 0 rings (SSSR count). The Labute approximate surface area is 369 Å². The van der Waals surface area contributed by atoms with E-state index in [0.29, 0.717) is 6.42 Å². The van der Waals surface area contributed by atoms with Crippen LogP contribution in [0.25, 0.3) is 0 Å². The molecule has 0 fully saturated rings. The van der Waals surface area contributed by atoms with Crippen molar-refractivity contribution < 1.29 is 15.0 Å². The summed E-state index contributed by atoms with van der Waals surface area (Å²) in [5.41, 5.74) is 0. The minimum absolute atomic E-state index is 0.0788. The predicted molar refractivity (Wildman–Crippen MR) is 262 cm³/mol. The summed E-state index contributed by atoms with van der Waals surface area (Å²) in [5.74, 6) is -0.0788. The summed E-state index contributed by atoms with van der Waals surface area (Å²) in [7, 11) is 0. The number of aliphatic hydroxyl groups excluding tert-OH is 2. The van der Waals surface area contributed by atoms with E-state index < -0.39 is 12.1 Å². The number of nitrogens with one attached hydrogen (secondary N) is 1. The topological polar surface area (TPSA) is 69.6 Å². The summed E-state index contributed by atoms with van der Waals surface area (Å²) >= 11 is 0. The van der Waals surface area contributed by atoms with Gasteiger partial charge in [0, 0.05) is 6.42 Å². The van der Waals surface area contributed by atoms with Crippen LogP contribution in [-0.4, -0.2) is 34.9 Å². The van der Waals surface area contributed by atoms with E-state index in [4.69, 9.17) is 0 Å². The van der Waals surface area contributed by atoms with E-state index >= 15 is 0 Å². The van der Waals surface area contributed by atoms with Crippen molar-refractivity contribution in [2.45, 2.75) is 289 Å². The van der Waals surface area contributed by atoms with Crippen molar-refractivity contribution in [3.8, 4) is 0 Å². The molecule has 0 saturated heterocycles. The van der Waals surface area contributed by atoms with Crippen LogP contribution < -0.4 is 5.32 Å². The van der Waals surface area contributed by atoms with Gasteiger partial charge in [-0.1, -0.05) is 249 Å². The number of hydrogen-bond acceptors (Lipinski definition) is 3. The molecule has 0 aliphatic heterocycles. The van der Waals surface area contributed by atoms with Crippen molar-refractivity contribution in [2.24, 2.45) is 0 Å². The van der Waals surface area contributed by atoms with Gasteiger partial charge in [0.1, 0.15) is 0 Å². The van der Waals surface area contributed by atoms with Gasteiger partial charge in [0.2, 0.25) is 5.91 Å². The van der Waals surface area contributed by atoms with E-state index in [-0.39, 0.29) is 12.5 Å². The first kappa shape index (κ1) is 57.3. The lowest BCUT2D eigenvalue weighted by molar-refractivity contribution is -0.123. The second kappa shape index (κ2) is 50.7. The lowest BCUT2D eigenvalue weighted by Crippen LogP contribution is -2.45. The van der Waals surface area contributed by atoms with Crippen LogP contribution in [-0.2, 0) is 4.79 Å². The molecular formula is C55H103NO3. The lowest BCUT2D eigenvalue weighted by atomic mass is 10.0. The standard InChI is InChI=1S/C55H103NO3/c1-3-5-7-9-11-13-15-17-19-21-23-24-25-26-27-28-29-30-31-33-34-36-38-40-42-44-46-48-50-54(58)53(52-57)56-55(59)51-49-47-45-43-41-39-37-35-32-22-20-18-16-14-12-10-8-6-4-2/h18,20,33-34,40,42,48,50,53-54,57-58H,3-17,19,21-32,35-39,41,43-47,49,51-52H2,1-2H3,(H,56,59)/b20-18-,34-33+,42-40+,50-48+. The maximum absolute atomic E-state index is 12.4. The van der Waals surface area contributed by atoms with Crippen LogP contribution in [0.5, 0.6) is 0 Å². The molecule has 4 nitrogen and oxygen atoms in total. The van der Waals surface area contributed by atoms with E-state index in [0.717, 1.165) is 38.5 Å². The predicted octanol–water partition coefficient (Wildman–Crippen LogP) is 17.1. The zero-order valence-corrected chi connectivity index (χ0v) is 39.8. The van der Waals surface area contributed by atoms with Gasteiger partial charge < -0.3 is 15.5 Å². The quantitative estimate of drug-likeness (QED) is 0.0423. The third-order valence-corrected chi connectivity index (χ3v) is 12.0. The lowest BCUT2D eigenvalue weighted by Gasteiger charge is -2.19. The van der Waals surface area contributed by atoms with Gasteiger partial charge >= 0.3 is 0 Å². The molecule has 0 aromatic carbocycles. The van der Waals surface area contributed by atoms with Crippen LogP contribution in [0.3, 0.4) is 0 Å². The molecule has 0 aliphatic carbocycles. The first-order valence-corrected chi connectivity index (χ1v) is 26.4. The van der Waals surface area contributed by atoms with Gasteiger partial charge in [-0.3, -0.25) is 4.79 Å². The zero-order valence-electron chi connectivity index (χ0n) is 39.8. The van der Waals surface area contributed by atoms with Crippen molar-refractivity contribution in [3.05, 3.63) is 48.6 Å². The molecule has 0 aromatic heterocycles. The number of rotatable bonds is 48. The van der Waals surface area contributed by atoms with Crippen LogP contribution in [0.4, 0.5) is 0 Å². The Morgan fingerprint density at radius 1 is 0.390 bits per heavy atom. The van der Waals surface area contributed by atoms with Crippen molar-refractivity contribution >= 4 is 5.91 Å². The summed E-state index contributed by atoms with van der Waals surface area (Å²) < 4.78 is 0. The van der Waals surface area contributed by atoms with Crippen molar-refractivity contribution in [3.63, 3.8) is 0 Å². The molecule has 0 radical (unpaired) electrons. The monoisotopic (exact) mass is 826 g/mol. The Kier molecular flexibility index (Phi) is 49.3. The van der Waals surface area contributed by atoms with Crippen LogP contribution in [0.1, 0.15) is 277 Å². The summed E-state index contributed by atoms with van der Waals surface area (Å²) in [6, 6.07) is -0.647. The fourth-order valence-corrected chi connectivity index (χ4v) is 7.97. The van der Waals surface area contributed by atoms with Gasteiger partial charge in [0.05, 0.1) is 18.8 Å². The molecule has 0 saturated carbocycles. The van der Waals surface area contributed by atoms with E-state index in [1.54, 1.807) is 6.08 Å². The van der Waals surface area contributed by atoms with Crippen LogP contribution >= 0.6 is 0 Å². The highest BCUT2D eigenvalue weighted by atomic mass is 16.3. The van der Waals surface area contributed by atoms with Gasteiger partial charge in [-0.15, -0.1) is 0 Å². The van der Waals surface area contributed by atoms with Crippen molar-refractivity contribution in [2.75, 3.05) is 6.61 Å². The minimum atomic E-state index is -0.872. The zero-order chi connectivity index (χ0) is 42.8. The third-order valence-electron chi connectivity index (χ3n) is 12.0. The fourth-order valence-electron chi connectivity index (χ4n) is 7.97. The van der Waals surface area contributed by atoms with Gasteiger partial charge in [0.25, 0.3) is 0 Å². The van der Waals surface area contributed by atoms with E-state index in [1.807, 2.05) is 6.08 Å². The Morgan fingerprint density at radius 3 is 0.983 bits per heavy atom. The molecule has 0 aliphatic rings. The third kappa shape index (κ3) is 47.3. The largest absolute Gasteiger partial charge is 0.394 e. The Bertz CT molecular complexity index is 939. The summed E-state index contributed by atoms with van der Waals surface area (Å²) in [4.78, 5) is 12.4. The molecule has 3 N–H and O–H groups in total. The second-order valence-electron chi connectivity index (χ2n) is 17.9. The molecular weight excluding hydrogens is 723 g/mol. The fraction of sp³-hybridized carbons (Fsp3) is 0.836. The maximum atomic E-state index is 12.4. The number of carbonyl (C=O) groups excluding carboxylic acids is 1. The molecule has 59 heavy (non-hydrogen) atoms. The summed E-state index contributed by atoms with van der Waals surface area (Å²) in [6.07, 6.45) is 69.7. The van der Waals surface area contributed by atoms with Crippen LogP contribution in [0.15, 0.2) is 48.6 Å². The number of allylic oxidation sites excluding steroid dienone is 7. The number of unbranched alkanes of at least 4 members (excludes halogenated alkanes) is 35. The normalized spacial score (nSPS) is 13.2. The minimum Gasteiger partial charge on any atom is -0.394 e. The van der Waals surface area contributed by atoms with Gasteiger partial charge in [-0.2, -0.15) is 0 Å². The van der Waals surface area contributed by atoms with Gasteiger partial charge in [0.15, 0.2) is 0 Å². The molecule has 0 heterocycles. The highest BCUT2D eigenvalue weighted by molar-refractivity contribution is 5.76. The second-order valence-corrected chi connectivity index (χ2v) is 17.9. The van der Waals surface area contributed by atoms with E-state index in [1.165, 1.54) is 218 Å². The van der Waals surface area contributed by atoms with Crippen LogP contribution in [0, 0.1) is 0 Å². The van der Waals surface area contributed by atoms with E-state index in [2.05, 4.69) is 55.6 Å². The van der Waals surface area contributed by atoms with Crippen molar-refractivity contribution in [1.29, 1.82) is 0 Å². The highest BCUT2D eigenvalue weighted by Crippen LogP contribution is 2.16. The van der Waals surface area contributed by atoms with Crippen molar-refractivity contribution in [1.82, 2.24) is 5.32 Å². The molecule has 1 amide bonds. The molecule has 0 aromatic rings. The number of amides is 1. The van der Waals surface area contributed by atoms with E-state index in [9.17, 15) is 15.0 Å². The molecule has 0 spiro atoms. The molecule has 4 heteroatoms. The van der Waals surface area contributed by atoms with Crippen LogP contribution in [0.2, 0.25) is 0 Å². The smallest absolute Gasteiger partial charge is 0.220 e. The number of hydrogen-bond donors (Lipinski definition) is 3. The molecule has 2 atom stereocenters. The Balaban J connectivity index is 3.57. The maximum Gasteiger partial charge on any atom is 0.220 e. The molecule has 346 valence electrons. The first-order chi connectivity index (χ1) is 29.2. The Morgan fingerprint density at radius 2 is 0.661 bits per heavy atom. The number of carbonyl (C=O) groups is 1. The average Bonchev–Trinajstić information content (AvgIpc) is 3.24. The average molecular weight is 826 g/mol. The highest BCUT2D eigenvalue weighted by Gasteiger charge is 2.17. The first-order valence-electron chi connectivity index (χ1n) is 26.4. The molecule has 0 bridgehead atoms. The summed E-state index contributed by atoms with van der Waals surface area (Å²) in [5, 5.41) is 23.1. The van der Waals surface area contributed by atoms with Gasteiger partial charge in [-0.25, -0.2) is 0 Å². The van der Waals surface area contributed by atoms with Gasteiger partial charge in [-0.05, 0) is 70.6 Å².